The molecule has 0 spiro atoms. The molecule has 0 radical (unpaired) electrons. The predicted molar refractivity (Wildman–Crippen MR) is 218 cm³/mol. The number of hydrogen-bond acceptors (Lipinski definition) is 9. The Hall–Kier alpha value is -5.34. The highest BCUT2D eigenvalue weighted by atomic mass is 35.5. The number of pyridine rings is 1. The number of aromatic nitrogens is 5. The van der Waals surface area contributed by atoms with Crippen LogP contribution in [0.1, 0.15) is 88.8 Å². The van der Waals surface area contributed by atoms with Gasteiger partial charge in [-0.3, -0.25) is 14.5 Å². The number of amides is 2. The maximum absolute atomic E-state index is 13.8. The van der Waals surface area contributed by atoms with Crippen LogP contribution >= 0.6 is 11.6 Å². The van der Waals surface area contributed by atoms with Gasteiger partial charge in [0.2, 0.25) is 5.95 Å². The van der Waals surface area contributed by atoms with Gasteiger partial charge in [-0.15, -0.1) is 10.2 Å². The molecule has 1 saturated heterocycles. The molecule has 1 aliphatic carbocycles. The smallest absolute Gasteiger partial charge is 0.320 e. The Kier molecular flexibility index (Phi) is 12.7. The quantitative estimate of drug-likeness (QED) is 0.120. The lowest BCUT2D eigenvalue weighted by Crippen LogP contribution is -2.38. The summed E-state index contributed by atoms with van der Waals surface area (Å²) in [6.45, 7) is 10.5. The van der Waals surface area contributed by atoms with Crippen LogP contribution in [0, 0.1) is 0 Å². The van der Waals surface area contributed by atoms with Crippen LogP contribution in [0.25, 0.3) is 11.3 Å². The molecule has 0 bridgehead atoms. The molecule has 7 rings (SSSR count). The highest BCUT2D eigenvalue weighted by Gasteiger charge is 2.31. The van der Waals surface area contributed by atoms with E-state index in [4.69, 9.17) is 36.1 Å². The summed E-state index contributed by atoms with van der Waals surface area (Å²) in [5.41, 5.74) is 4.14. The fourth-order valence-electron chi connectivity index (χ4n) is 7.15. The average molecular weight is 786 g/mol. The Morgan fingerprint density at radius 1 is 1.02 bits per heavy atom. The fourth-order valence-corrected chi connectivity index (χ4v) is 7.37. The summed E-state index contributed by atoms with van der Waals surface area (Å²) in [6.07, 6.45) is 6.79. The number of nitrogens with zero attached hydrogens (tertiary/aromatic N) is 7. The molecule has 2 aliphatic rings. The molecule has 3 N–H and O–H groups in total. The summed E-state index contributed by atoms with van der Waals surface area (Å²) in [5.74, 6) is 2.77. The third-order valence-electron chi connectivity index (χ3n) is 10.1. The van der Waals surface area contributed by atoms with Crippen molar-refractivity contribution >= 4 is 41.5 Å². The van der Waals surface area contributed by atoms with Crippen molar-refractivity contribution < 1.29 is 24.2 Å². The van der Waals surface area contributed by atoms with E-state index in [0.29, 0.717) is 41.3 Å². The van der Waals surface area contributed by atoms with Crippen LogP contribution in [0.15, 0.2) is 66.9 Å². The molecule has 4 heterocycles. The van der Waals surface area contributed by atoms with E-state index in [1.54, 1.807) is 10.7 Å². The number of halogens is 1. The summed E-state index contributed by atoms with van der Waals surface area (Å²) in [6, 6.07) is 19.4. The van der Waals surface area contributed by atoms with E-state index in [0.717, 1.165) is 66.5 Å². The first-order valence-corrected chi connectivity index (χ1v) is 19.4. The van der Waals surface area contributed by atoms with Gasteiger partial charge in [0.15, 0.2) is 5.65 Å². The number of ether oxygens (including phenoxy) is 2. The molecule has 15 heteroatoms. The van der Waals surface area contributed by atoms with Gasteiger partial charge in [-0.1, -0.05) is 56.6 Å². The molecule has 2 amide bonds. The molecule has 3 aromatic heterocycles. The molecule has 1 aliphatic heterocycles. The molecule has 56 heavy (non-hydrogen) atoms. The van der Waals surface area contributed by atoms with Crippen molar-refractivity contribution in [3.8, 4) is 17.2 Å². The van der Waals surface area contributed by atoms with Crippen molar-refractivity contribution in [2.24, 2.45) is 0 Å². The van der Waals surface area contributed by atoms with Crippen molar-refractivity contribution in [3.63, 3.8) is 0 Å². The Balaban J connectivity index is 0.00000172. The van der Waals surface area contributed by atoms with Gasteiger partial charge in [-0.25, -0.2) is 9.48 Å². The third kappa shape index (κ3) is 9.54. The molecule has 14 nitrogen and oxygen atoms in total. The zero-order chi connectivity index (χ0) is 40.0. The lowest BCUT2D eigenvalue weighted by atomic mass is 9.85. The predicted octanol–water partition coefficient (Wildman–Crippen LogP) is 7.66. The van der Waals surface area contributed by atoms with Gasteiger partial charge in [0.1, 0.15) is 30.0 Å². The minimum atomic E-state index is -0.326. The lowest BCUT2D eigenvalue weighted by molar-refractivity contribution is -0.122. The Morgan fingerprint density at radius 3 is 2.52 bits per heavy atom. The van der Waals surface area contributed by atoms with Gasteiger partial charge in [-0.05, 0) is 88.5 Å². The SMILES string of the molecule is CC1CCCCN1c1nnc2ccc(O[C@@H]3CC[C@H](NC(=O)Nc4cc(C(C)(C)C)nn4-c4cc(Cl)cc(OCCN(C)C)c4)c4ccccc43)cn12.O=CO. The topological polar surface area (TPSA) is 151 Å². The minimum Gasteiger partial charge on any atom is -0.492 e. The average Bonchev–Trinajstić information content (AvgIpc) is 3.77. The fraction of sp³-hybridized carbons (Fsp3) is 0.439. The zero-order valence-corrected chi connectivity index (χ0v) is 33.7. The Morgan fingerprint density at radius 2 is 1.79 bits per heavy atom. The molecule has 5 aromatic rings. The minimum absolute atomic E-state index is 0.175. The van der Waals surface area contributed by atoms with Crippen LogP contribution in [0.4, 0.5) is 16.6 Å². The number of benzene rings is 2. The van der Waals surface area contributed by atoms with E-state index in [-0.39, 0.29) is 30.1 Å². The van der Waals surface area contributed by atoms with Crippen LogP contribution in [-0.4, -0.2) is 86.7 Å². The maximum atomic E-state index is 13.8. The van der Waals surface area contributed by atoms with Gasteiger partial charge >= 0.3 is 6.03 Å². The van der Waals surface area contributed by atoms with Crippen molar-refractivity contribution in [1.29, 1.82) is 0 Å². The van der Waals surface area contributed by atoms with Gasteiger partial charge in [0.25, 0.3) is 6.47 Å². The van der Waals surface area contributed by atoms with Crippen LogP contribution in [-0.2, 0) is 10.2 Å². The van der Waals surface area contributed by atoms with Crippen LogP contribution in [0.3, 0.4) is 0 Å². The molecule has 1 fully saturated rings. The second-order valence-corrected chi connectivity index (χ2v) is 16.0. The van der Waals surface area contributed by atoms with Gasteiger partial charge in [-0.2, -0.15) is 5.10 Å². The summed E-state index contributed by atoms with van der Waals surface area (Å²) in [5, 5.41) is 27.6. The van der Waals surface area contributed by atoms with E-state index in [9.17, 15) is 4.79 Å². The molecule has 3 atom stereocenters. The number of carboxylic acid groups (broad SMARTS) is 1. The highest BCUT2D eigenvalue weighted by molar-refractivity contribution is 6.30. The first-order chi connectivity index (χ1) is 26.8. The second-order valence-electron chi connectivity index (χ2n) is 15.6. The number of carbonyl (C=O) groups excluding carboxylic acids is 1. The number of hydrogen-bond donors (Lipinski definition) is 3. The van der Waals surface area contributed by atoms with Gasteiger partial charge < -0.3 is 29.7 Å². The summed E-state index contributed by atoms with van der Waals surface area (Å²) in [4.78, 5) is 26.5. The van der Waals surface area contributed by atoms with Gasteiger partial charge in [0.05, 0.1) is 23.6 Å². The molecular formula is C41H52ClN9O5. The number of anilines is 2. The maximum Gasteiger partial charge on any atom is 0.320 e. The number of piperidine rings is 1. The Labute approximate surface area is 332 Å². The summed E-state index contributed by atoms with van der Waals surface area (Å²) in [7, 11) is 4.00. The summed E-state index contributed by atoms with van der Waals surface area (Å²) < 4.78 is 16.4. The molecule has 298 valence electrons. The highest BCUT2D eigenvalue weighted by Crippen LogP contribution is 2.39. The number of carbonyl (C=O) groups is 2. The largest absolute Gasteiger partial charge is 0.492 e. The zero-order valence-electron chi connectivity index (χ0n) is 32.9. The van der Waals surface area contributed by atoms with Crippen LogP contribution < -0.4 is 25.0 Å². The number of urea groups is 1. The standard InChI is InChI=1S/C40H50ClN9O3.CH2O2/c1-26-11-9-10-18-48(26)39-45-44-36-17-14-29(25-49(36)39)53-34-16-15-33(31-12-7-8-13-32(31)34)42-38(51)43-37-24-35(40(2,3)4)46-50(37)28-21-27(41)22-30(23-28)52-20-19-47(5)6;2-1-3/h7-8,12-14,17,21-26,33-34H,9-11,15-16,18-20H2,1-6H3,(H2,42,43,51);1H,(H,2,3)/t26?,33-,34+;/m0./s1. The second kappa shape index (κ2) is 17.6. The third-order valence-corrected chi connectivity index (χ3v) is 10.3. The van der Waals surface area contributed by atoms with E-state index >= 15 is 0 Å². The van der Waals surface area contributed by atoms with Crippen LogP contribution in [0.2, 0.25) is 5.02 Å². The van der Waals surface area contributed by atoms with E-state index in [1.807, 2.05) is 67.2 Å². The molecule has 1 unspecified atom stereocenters. The van der Waals surface area contributed by atoms with E-state index in [1.165, 1.54) is 6.42 Å². The molecule has 2 aromatic carbocycles. The Bertz CT molecular complexity index is 2130. The van der Waals surface area contributed by atoms with Crippen molar-refractivity contribution in [3.05, 3.63) is 88.7 Å². The summed E-state index contributed by atoms with van der Waals surface area (Å²) >= 11 is 6.55. The molecular weight excluding hydrogens is 734 g/mol. The first-order valence-electron chi connectivity index (χ1n) is 19.1. The number of nitrogens with one attached hydrogen (secondary N) is 2. The molecule has 0 saturated carbocycles. The van der Waals surface area contributed by atoms with Crippen molar-refractivity contribution in [2.45, 2.75) is 83.4 Å². The van der Waals surface area contributed by atoms with E-state index in [2.05, 4.69) is 70.5 Å². The van der Waals surface area contributed by atoms with Crippen LogP contribution in [0.5, 0.6) is 11.5 Å². The number of rotatable bonds is 10. The van der Waals surface area contributed by atoms with Gasteiger partial charge in [0, 0.05) is 41.7 Å². The first kappa shape index (κ1) is 40.3. The van der Waals surface area contributed by atoms with E-state index < -0.39 is 0 Å². The normalized spacial score (nSPS) is 18.1. The van der Waals surface area contributed by atoms with Crippen molar-refractivity contribution in [1.82, 2.24) is 34.6 Å². The number of fused-ring (bicyclic) bond motifs is 2. The van der Waals surface area contributed by atoms with Crippen molar-refractivity contribution in [2.75, 3.05) is 44.0 Å². The monoisotopic (exact) mass is 785 g/mol. The number of likely N-dealkylation sites (N-methyl/N-ethyl adjacent to an activating group) is 1. The lowest BCUT2D eigenvalue weighted by Gasteiger charge is -2.33.